The van der Waals surface area contributed by atoms with Crippen LogP contribution in [0, 0.1) is 0 Å². The van der Waals surface area contributed by atoms with E-state index >= 15 is 0 Å². The van der Waals surface area contributed by atoms with Crippen molar-refractivity contribution in [1.29, 1.82) is 0 Å². The molecule has 1 aromatic rings. The number of carbonyl (C=O) groups excluding carboxylic acids is 1. The van der Waals surface area contributed by atoms with Gasteiger partial charge in [-0.05, 0) is 33.1 Å². The second-order valence-electron chi connectivity index (χ2n) is 4.79. The van der Waals surface area contributed by atoms with Crippen LogP contribution in [0.15, 0.2) is 12.4 Å². The van der Waals surface area contributed by atoms with E-state index in [1.807, 2.05) is 4.90 Å². The van der Waals surface area contributed by atoms with Crippen LogP contribution in [-0.2, 0) is 0 Å². The lowest BCUT2D eigenvalue weighted by molar-refractivity contribution is 0.124. The van der Waals surface area contributed by atoms with Crippen LogP contribution in [0.25, 0.3) is 0 Å². The van der Waals surface area contributed by atoms with Crippen LogP contribution < -0.4 is 10.9 Å². The second kappa shape index (κ2) is 6.06. The molecule has 0 spiro atoms. The van der Waals surface area contributed by atoms with Gasteiger partial charge >= 0.3 is 6.03 Å². The van der Waals surface area contributed by atoms with E-state index < -0.39 is 0 Å². The topological polar surface area (TPSA) is 70.2 Å². The van der Waals surface area contributed by atoms with E-state index in [0.29, 0.717) is 5.82 Å². The van der Waals surface area contributed by atoms with Gasteiger partial charge in [0, 0.05) is 24.5 Å². The van der Waals surface area contributed by atoms with Gasteiger partial charge in [-0.1, -0.05) is 11.6 Å². The molecule has 0 unspecified atom stereocenters. The summed E-state index contributed by atoms with van der Waals surface area (Å²) in [5.74, 6) is 0.342. The van der Waals surface area contributed by atoms with Gasteiger partial charge in [-0.15, -0.1) is 0 Å². The van der Waals surface area contributed by atoms with Gasteiger partial charge < -0.3 is 4.90 Å². The molecule has 1 fully saturated rings. The molecule has 2 amide bonds. The molecular weight excluding hydrogens is 266 g/mol. The molecule has 0 aromatic carbocycles. The molecule has 6 nitrogen and oxygen atoms in total. The number of likely N-dealkylation sites (tertiary alicyclic amines) is 1. The number of amides is 2. The van der Waals surface area contributed by atoms with Crippen molar-refractivity contribution in [3.05, 3.63) is 17.5 Å². The second-order valence-corrected chi connectivity index (χ2v) is 5.15. The highest BCUT2D eigenvalue weighted by molar-refractivity contribution is 6.31. The lowest BCUT2D eigenvalue weighted by atomic mass is 9.98. The molecule has 1 aliphatic heterocycles. The molecule has 104 valence electrons. The number of piperidine rings is 1. The molecule has 2 heterocycles. The molecule has 2 atom stereocenters. The maximum absolute atomic E-state index is 12.2. The summed E-state index contributed by atoms with van der Waals surface area (Å²) < 4.78 is 0. The Morgan fingerprint density at radius 2 is 1.95 bits per heavy atom. The molecule has 1 aromatic heterocycles. The number of carbonyl (C=O) groups is 1. The number of urea groups is 1. The number of nitrogens with zero attached hydrogens (tertiary/aromatic N) is 3. The van der Waals surface area contributed by atoms with Crippen molar-refractivity contribution in [3.8, 4) is 0 Å². The van der Waals surface area contributed by atoms with Crippen LogP contribution in [0.2, 0.25) is 5.15 Å². The fourth-order valence-electron chi connectivity index (χ4n) is 2.40. The smallest absolute Gasteiger partial charge is 0.318 e. The van der Waals surface area contributed by atoms with Crippen LogP contribution in [0.5, 0.6) is 0 Å². The zero-order valence-electron chi connectivity index (χ0n) is 11.1. The minimum atomic E-state index is -0.165. The zero-order chi connectivity index (χ0) is 13.8. The van der Waals surface area contributed by atoms with Gasteiger partial charge in [0.05, 0.1) is 0 Å². The van der Waals surface area contributed by atoms with Crippen LogP contribution >= 0.6 is 11.6 Å². The number of anilines is 1. The van der Waals surface area contributed by atoms with Gasteiger partial charge in [-0.2, -0.15) is 0 Å². The van der Waals surface area contributed by atoms with E-state index in [4.69, 9.17) is 11.6 Å². The van der Waals surface area contributed by atoms with Crippen molar-refractivity contribution in [2.75, 3.05) is 5.43 Å². The Kier molecular flexibility index (Phi) is 4.42. The lowest BCUT2D eigenvalue weighted by Crippen LogP contribution is -2.53. The first kappa shape index (κ1) is 13.9. The molecule has 7 heteroatoms. The largest absolute Gasteiger partial charge is 0.336 e. The number of aromatic nitrogens is 2. The van der Waals surface area contributed by atoms with Crippen molar-refractivity contribution in [1.82, 2.24) is 20.3 Å². The summed E-state index contributed by atoms with van der Waals surface area (Å²) in [6, 6.07) is 0.312. The predicted molar refractivity (Wildman–Crippen MR) is 73.8 cm³/mol. The molecule has 0 saturated carbocycles. The Balaban J connectivity index is 1.95. The first-order chi connectivity index (χ1) is 9.09. The van der Waals surface area contributed by atoms with Crippen molar-refractivity contribution < 1.29 is 4.79 Å². The van der Waals surface area contributed by atoms with E-state index in [1.165, 1.54) is 12.4 Å². The van der Waals surface area contributed by atoms with E-state index in [-0.39, 0.29) is 23.3 Å². The fraction of sp³-hybridized carbons (Fsp3) is 0.583. The van der Waals surface area contributed by atoms with Gasteiger partial charge in [-0.3, -0.25) is 10.9 Å². The van der Waals surface area contributed by atoms with E-state index in [1.54, 1.807) is 0 Å². The van der Waals surface area contributed by atoms with Crippen molar-refractivity contribution in [2.45, 2.75) is 45.2 Å². The highest BCUT2D eigenvalue weighted by Crippen LogP contribution is 2.22. The quantitative estimate of drug-likeness (QED) is 0.818. The Hall–Kier alpha value is -1.56. The molecule has 2 N–H and O–H groups in total. The summed E-state index contributed by atoms with van der Waals surface area (Å²) in [5.41, 5.74) is 5.32. The molecule has 1 saturated heterocycles. The maximum atomic E-state index is 12.2. The Morgan fingerprint density at radius 3 is 2.58 bits per heavy atom. The van der Waals surface area contributed by atoms with Gasteiger partial charge in [0.25, 0.3) is 0 Å². The fourth-order valence-corrected chi connectivity index (χ4v) is 2.56. The first-order valence-corrected chi connectivity index (χ1v) is 6.78. The van der Waals surface area contributed by atoms with E-state index in [9.17, 15) is 4.79 Å². The van der Waals surface area contributed by atoms with Crippen molar-refractivity contribution in [2.24, 2.45) is 0 Å². The maximum Gasteiger partial charge on any atom is 0.336 e. The highest BCUT2D eigenvalue weighted by Gasteiger charge is 2.28. The minimum absolute atomic E-state index is 0.165. The number of hydrogen-bond acceptors (Lipinski definition) is 4. The highest BCUT2D eigenvalue weighted by atomic mass is 35.5. The summed E-state index contributed by atoms with van der Waals surface area (Å²) in [6.45, 7) is 4.12. The van der Waals surface area contributed by atoms with E-state index in [0.717, 1.165) is 19.3 Å². The summed E-state index contributed by atoms with van der Waals surface area (Å²) >= 11 is 5.85. The van der Waals surface area contributed by atoms with Gasteiger partial charge in [0.2, 0.25) is 0 Å². The van der Waals surface area contributed by atoms with Crippen LogP contribution in [0.3, 0.4) is 0 Å². The predicted octanol–water partition coefficient (Wildman–Crippen LogP) is 2.43. The summed E-state index contributed by atoms with van der Waals surface area (Å²) in [7, 11) is 0. The molecule has 19 heavy (non-hydrogen) atoms. The third-order valence-corrected chi connectivity index (χ3v) is 3.65. The normalized spacial score (nSPS) is 23.0. The first-order valence-electron chi connectivity index (χ1n) is 6.40. The molecule has 0 bridgehead atoms. The van der Waals surface area contributed by atoms with Crippen LogP contribution in [0.1, 0.15) is 33.1 Å². The van der Waals surface area contributed by atoms with Gasteiger partial charge in [-0.25, -0.2) is 14.8 Å². The average Bonchev–Trinajstić information content (AvgIpc) is 2.37. The van der Waals surface area contributed by atoms with Crippen molar-refractivity contribution >= 4 is 23.4 Å². The number of halogens is 1. The number of hydrazine groups is 1. The Labute approximate surface area is 117 Å². The van der Waals surface area contributed by atoms with Crippen LogP contribution in [-0.4, -0.2) is 33.0 Å². The third-order valence-electron chi connectivity index (χ3n) is 3.37. The SMILES string of the molecule is C[C@@H]1CCC[C@@H](C)N1C(=O)NNc1nccnc1Cl. The van der Waals surface area contributed by atoms with Gasteiger partial charge in [0.1, 0.15) is 0 Å². The standard InChI is InChI=1S/C12H18ClN5O/c1-8-4-3-5-9(2)18(8)12(19)17-16-11-10(13)14-6-7-15-11/h6-9H,3-5H2,1-2H3,(H,15,16)(H,17,19)/t8-,9-/m1/s1. The summed E-state index contributed by atoms with van der Waals surface area (Å²) in [4.78, 5) is 21.9. The molecular formula is C12H18ClN5O. The number of nitrogens with one attached hydrogen (secondary N) is 2. The van der Waals surface area contributed by atoms with Gasteiger partial charge in [0.15, 0.2) is 11.0 Å². The molecule has 1 aliphatic rings. The average molecular weight is 284 g/mol. The minimum Gasteiger partial charge on any atom is -0.318 e. The lowest BCUT2D eigenvalue weighted by Gasteiger charge is -2.38. The summed E-state index contributed by atoms with van der Waals surface area (Å²) in [5, 5.41) is 0.225. The van der Waals surface area contributed by atoms with Crippen LogP contribution in [0.4, 0.5) is 10.6 Å². The molecule has 2 rings (SSSR count). The number of rotatable bonds is 2. The van der Waals surface area contributed by atoms with Crippen molar-refractivity contribution in [3.63, 3.8) is 0 Å². The monoisotopic (exact) mass is 283 g/mol. The Bertz CT molecular complexity index is 446. The summed E-state index contributed by atoms with van der Waals surface area (Å²) in [6.07, 6.45) is 6.22. The Morgan fingerprint density at radius 1 is 1.32 bits per heavy atom. The number of hydrogen-bond donors (Lipinski definition) is 2. The molecule has 0 radical (unpaired) electrons. The molecule has 0 aliphatic carbocycles. The third kappa shape index (κ3) is 3.26. The zero-order valence-corrected chi connectivity index (χ0v) is 11.8. The van der Waals surface area contributed by atoms with E-state index in [2.05, 4.69) is 34.7 Å².